The maximum atomic E-state index is 12.3. The van der Waals surface area contributed by atoms with Crippen molar-refractivity contribution < 1.29 is 34.0 Å². The summed E-state index contributed by atoms with van der Waals surface area (Å²) in [6.45, 7) is 6.95. The van der Waals surface area contributed by atoms with E-state index in [0.717, 1.165) is 0 Å². The molecule has 12 heteroatoms. The molecule has 0 spiro atoms. The molecule has 0 aromatic carbocycles. The average molecular weight is 430 g/mol. The average Bonchev–Trinajstić information content (AvgIpc) is 3.11. The van der Waals surface area contributed by atoms with Crippen LogP contribution in [0.15, 0.2) is 12.7 Å². The van der Waals surface area contributed by atoms with E-state index in [-0.39, 0.29) is 13.0 Å². The van der Waals surface area contributed by atoms with E-state index in [2.05, 4.69) is 15.0 Å². The van der Waals surface area contributed by atoms with Gasteiger partial charge >= 0.3 is 7.60 Å². The minimum absolute atomic E-state index is 0.0161. The molecule has 4 N–H and O–H groups in total. The number of aryl methyl sites for hydroxylation is 1. The van der Waals surface area contributed by atoms with E-state index in [4.69, 9.17) is 9.26 Å². The quantitative estimate of drug-likeness (QED) is 0.479. The Kier molecular flexibility index (Phi) is 5.41. The molecule has 1 fully saturated rings. The number of aliphatic hydroxyl groups excluding tert-OH is 1. The van der Waals surface area contributed by atoms with E-state index in [1.165, 1.54) is 44.9 Å². The van der Waals surface area contributed by atoms with Gasteiger partial charge < -0.3 is 29.5 Å². The lowest BCUT2D eigenvalue weighted by Crippen LogP contribution is -2.47. The summed E-state index contributed by atoms with van der Waals surface area (Å²) in [5.74, 6) is 0. The van der Waals surface area contributed by atoms with Gasteiger partial charge in [-0.3, -0.25) is 9.13 Å². The molecule has 11 nitrogen and oxygen atoms in total. The maximum Gasteiger partial charge on any atom is 0.359 e. The third kappa shape index (κ3) is 3.96. The van der Waals surface area contributed by atoms with Gasteiger partial charge in [-0.15, -0.1) is 0 Å². The molecule has 4 atom stereocenters. The Morgan fingerprint density at radius 2 is 2.00 bits per heavy atom. The van der Waals surface area contributed by atoms with E-state index >= 15 is 0 Å². The van der Waals surface area contributed by atoms with Crippen LogP contribution in [0.1, 0.15) is 39.8 Å². The maximum absolute atomic E-state index is 12.3. The van der Waals surface area contributed by atoms with Crippen molar-refractivity contribution in [2.45, 2.75) is 69.9 Å². The highest BCUT2D eigenvalue weighted by molar-refractivity contribution is 7.54. The first-order valence-electron chi connectivity index (χ1n) is 9.11. The Morgan fingerprint density at radius 1 is 1.34 bits per heavy atom. The first-order chi connectivity index (χ1) is 13.2. The van der Waals surface area contributed by atoms with Crippen LogP contribution in [0.25, 0.3) is 11.2 Å². The van der Waals surface area contributed by atoms with E-state index in [0.29, 0.717) is 16.9 Å². The van der Waals surface area contributed by atoms with Crippen molar-refractivity contribution in [3.05, 3.63) is 18.3 Å². The molecule has 3 rings (SSSR count). The van der Waals surface area contributed by atoms with Crippen LogP contribution in [0.5, 0.6) is 0 Å². The largest absolute Gasteiger partial charge is 0.385 e. The van der Waals surface area contributed by atoms with Crippen molar-refractivity contribution in [1.29, 1.82) is 0 Å². The zero-order valence-electron chi connectivity index (χ0n) is 17.0. The zero-order valence-corrected chi connectivity index (χ0v) is 17.9. The monoisotopic (exact) mass is 430 g/mol. The van der Waals surface area contributed by atoms with E-state index < -0.39 is 36.5 Å². The van der Waals surface area contributed by atoms with Gasteiger partial charge in [0.05, 0.1) is 30.3 Å². The summed E-state index contributed by atoms with van der Waals surface area (Å²) in [4.78, 5) is 22.4. The van der Waals surface area contributed by atoms with Crippen LogP contribution in [-0.2, 0) is 19.6 Å². The molecular formula is C17H27N4O7P. The molecule has 0 saturated carbocycles. The second-order valence-electron chi connectivity index (χ2n) is 8.49. The number of aliphatic hydroxyl groups is 3. The topological polar surface area (TPSA) is 160 Å². The highest BCUT2D eigenvalue weighted by atomic mass is 31.2. The van der Waals surface area contributed by atoms with E-state index in [9.17, 15) is 24.8 Å². The van der Waals surface area contributed by atoms with Crippen LogP contribution in [0, 0.1) is 6.92 Å². The van der Waals surface area contributed by atoms with Gasteiger partial charge in [-0.25, -0.2) is 15.0 Å². The third-order valence-electron chi connectivity index (χ3n) is 5.02. The predicted octanol–water partition coefficient (Wildman–Crippen LogP) is 0.639. The summed E-state index contributed by atoms with van der Waals surface area (Å²) in [5, 5.41) is 29.9. The number of imidazole rings is 1. The van der Waals surface area contributed by atoms with Crippen LogP contribution in [-0.4, -0.2) is 69.5 Å². The summed E-state index contributed by atoms with van der Waals surface area (Å²) in [6, 6.07) is 0. The van der Waals surface area contributed by atoms with Crippen molar-refractivity contribution in [3.8, 4) is 0 Å². The molecule has 2 aromatic heterocycles. The summed E-state index contributed by atoms with van der Waals surface area (Å²) < 4.78 is 24.5. The number of hydrogen-bond donors (Lipinski definition) is 4. The SMILES string of the molecule is Cc1ncnc2c1ncn2[C@]1(O)COC(CC(C)(C)OP(=O)(O)C(C)(C)O)[C@H]1O. The molecule has 0 bridgehead atoms. The van der Waals surface area contributed by atoms with Gasteiger partial charge in [0.25, 0.3) is 0 Å². The Hall–Kier alpha value is -1.46. The fourth-order valence-electron chi connectivity index (χ4n) is 3.29. The molecule has 162 valence electrons. The van der Waals surface area contributed by atoms with Gasteiger partial charge in [0.1, 0.15) is 17.9 Å². The number of nitrogens with zero attached hydrogens (tertiary/aromatic N) is 4. The van der Waals surface area contributed by atoms with Crippen molar-refractivity contribution in [2.75, 3.05) is 6.61 Å². The lowest BCUT2D eigenvalue weighted by atomic mass is 9.95. The lowest BCUT2D eigenvalue weighted by Gasteiger charge is -2.35. The lowest BCUT2D eigenvalue weighted by molar-refractivity contribution is -0.111. The number of aromatic nitrogens is 4. The molecule has 1 aliphatic rings. The summed E-state index contributed by atoms with van der Waals surface area (Å²) in [6.07, 6.45) is 0.387. The molecule has 0 radical (unpaired) electrons. The summed E-state index contributed by atoms with van der Waals surface area (Å²) in [7, 11) is -4.37. The molecular weight excluding hydrogens is 403 g/mol. The van der Waals surface area contributed by atoms with Gasteiger partial charge in [0.15, 0.2) is 16.7 Å². The molecule has 0 aliphatic carbocycles. The van der Waals surface area contributed by atoms with Crippen LogP contribution < -0.4 is 0 Å². The van der Waals surface area contributed by atoms with Crippen molar-refractivity contribution in [1.82, 2.24) is 19.5 Å². The summed E-state index contributed by atoms with van der Waals surface area (Å²) >= 11 is 0. The molecule has 3 heterocycles. The van der Waals surface area contributed by atoms with Gasteiger partial charge in [0, 0.05) is 6.42 Å². The Labute approximate surface area is 167 Å². The molecule has 1 aliphatic heterocycles. The molecule has 2 unspecified atom stereocenters. The smallest absolute Gasteiger partial charge is 0.359 e. The van der Waals surface area contributed by atoms with Gasteiger partial charge in [-0.2, -0.15) is 0 Å². The van der Waals surface area contributed by atoms with Crippen LogP contribution in [0.2, 0.25) is 0 Å². The molecule has 1 saturated heterocycles. The van der Waals surface area contributed by atoms with Crippen LogP contribution >= 0.6 is 7.60 Å². The molecule has 2 aromatic rings. The Morgan fingerprint density at radius 3 is 2.62 bits per heavy atom. The van der Waals surface area contributed by atoms with E-state index in [1.54, 1.807) is 6.92 Å². The van der Waals surface area contributed by atoms with Gasteiger partial charge in [-0.1, -0.05) is 0 Å². The number of ether oxygens (including phenoxy) is 1. The second kappa shape index (κ2) is 7.05. The number of fused-ring (bicyclic) bond motifs is 1. The van der Waals surface area contributed by atoms with Crippen LogP contribution in [0.4, 0.5) is 0 Å². The van der Waals surface area contributed by atoms with Crippen molar-refractivity contribution in [2.24, 2.45) is 0 Å². The van der Waals surface area contributed by atoms with Gasteiger partial charge in [0.2, 0.25) is 0 Å². The fraction of sp³-hybridized carbons (Fsp3) is 0.706. The first kappa shape index (κ1) is 22.2. The normalized spacial score (nSPS) is 28.0. The highest BCUT2D eigenvalue weighted by Crippen LogP contribution is 2.57. The van der Waals surface area contributed by atoms with Crippen molar-refractivity contribution in [3.63, 3.8) is 0 Å². The number of rotatable bonds is 6. The Bertz CT molecular complexity index is 957. The second-order valence-corrected chi connectivity index (χ2v) is 10.8. The third-order valence-corrected chi connectivity index (χ3v) is 7.15. The van der Waals surface area contributed by atoms with Crippen LogP contribution in [0.3, 0.4) is 0 Å². The Balaban J connectivity index is 1.83. The predicted molar refractivity (Wildman–Crippen MR) is 102 cm³/mol. The zero-order chi connectivity index (χ0) is 21.8. The number of hydrogen-bond acceptors (Lipinski definition) is 9. The van der Waals surface area contributed by atoms with Gasteiger partial charge in [-0.05, 0) is 34.6 Å². The molecule has 29 heavy (non-hydrogen) atoms. The standard InChI is InChI=1S/C17H27N4O7P/c1-10-12-14(19-8-18-10)21(9-20-12)17(24)7-27-11(13(17)22)6-15(2,3)28-29(25,26)16(4,5)23/h8-9,11,13,22-24H,6-7H2,1-5H3,(H,25,26)/t11?,13-,17+/m1/s1. The minimum atomic E-state index is -4.37. The summed E-state index contributed by atoms with van der Waals surface area (Å²) in [5.41, 5.74) is -1.61. The van der Waals surface area contributed by atoms with E-state index in [1.807, 2.05) is 0 Å². The fourth-order valence-corrected chi connectivity index (χ4v) is 4.26. The molecule has 0 amide bonds. The minimum Gasteiger partial charge on any atom is -0.385 e. The highest BCUT2D eigenvalue weighted by Gasteiger charge is 2.53. The first-order valence-corrected chi connectivity index (χ1v) is 10.7. The van der Waals surface area contributed by atoms with Crippen molar-refractivity contribution >= 4 is 18.8 Å².